The van der Waals surface area contributed by atoms with E-state index in [1.54, 1.807) is 42.5 Å². The zero-order valence-corrected chi connectivity index (χ0v) is 22.0. The number of piperidine rings is 1. The third-order valence-corrected chi connectivity index (χ3v) is 9.16. The van der Waals surface area contributed by atoms with Crippen molar-refractivity contribution in [3.05, 3.63) is 52.5 Å². The summed E-state index contributed by atoms with van der Waals surface area (Å²) in [6, 6.07) is 11.2. The number of likely N-dealkylation sites (tertiary alicyclic amines) is 1. The number of benzene rings is 1. The summed E-state index contributed by atoms with van der Waals surface area (Å²) in [6.45, 7) is 2.56. The molecule has 0 amide bonds. The normalized spacial score (nSPS) is 19.6. The van der Waals surface area contributed by atoms with Crippen LogP contribution in [0.1, 0.15) is 37.4 Å². The van der Waals surface area contributed by atoms with E-state index in [4.69, 9.17) is 16.3 Å². The molecule has 0 unspecified atom stereocenters. The van der Waals surface area contributed by atoms with Crippen molar-refractivity contribution >= 4 is 51.6 Å². The minimum absolute atomic E-state index is 0.0314. The molecule has 5 nitrogen and oxygen atoms in total. The van der Waals surface area contributed by atoms with Gasteiger partial charge in [0.25, 0.3) is 0 Å². The molecule has 1 aliphatic rings. The average Bonchev–Trinajstić information content (AvgIpc) is 3.27. The fraction of sp³-hybridized carbons (Fsp3) is 0.462. The summed E-state index contributed by atoms with van der Waals surface area (Å²) in [5, 5.41) is 10.3. The van der Waals surface area contributed by atoms with Gasteiger partial charge in [-0.25, -0.2) is 4.39 Å². The summed E-state index contributed by atoms with van der Waals surface area (Å²) < 4.78 is 22.7. The molecule has 3 atom stereocenters. The Morgan fingerprint density at radius 3 is 2.94 bits per heavy atom. The van der Waals surface area contributed by atoms with E-state index < -0.39 is 12.1 Å². The van der Waals surface area contributed by atoms with E-state index >= 15 is 4.39 Å². The molecule has 9 heteroatoms. The Hall–Kier alpha value is -1.87. The number of hydrogen-bond donors (Lipinski definition) is 1. The molecule has 0 radical (unpaired) electrons. The highest BCUT2D eigenvalue weighted by Gasteiger charge is 2.31. The molecular formula is C26H30ClFN2O3S2. The zero-order chi connectivity index (χ0) is 24.8. The number of methoxy groups -OCH3 is 1. The van der Waals surface area contributed by atoms with Gasteiger partial charge < -0.3 is 14.7 Å². The van der Waals surface area contributed by atoms with E-state index in [9.17, 15) is 9.90 Å². The number of thioether (sulfide) groups is 1. The molecule has 0 saturated carbocycles. The van der Waals surface area contributed by atoms with Crippen molar-refractivity contribution in [2.45, 2.75) is 36.1 Å². The summed E-state index contributed by atoms with van der Waals surface area (Å²) in [5.74, 6) is 1.06. The van der Waals surface area contributed by atoms with Gasteiger partial charge in [0.1, 0.15) is 11.9 Å². The molecule has 35 heavy (non-hydrogen) atoms. The van der Waals surface area contributed by atoms with Gasteiger partial charge in [-0.15, -0.1) is 23.1 Å². The monoisotopic (exact) mass is 536 g/mol. The van der Waals surface area contributed by atoms with Crippen LogP contribution in [0.2, 0.25) is 4.34 Å². The lowest BCUT2D eigenvalue weighted by atomic mass is 9.79. The fourth-order valence-corrected chi connectivity index (χ4v) is 7.29. The maximum atomic E-state index is 15.4. The molecule has 3 aromatic rings. The predicted molar refractivity (Wildman–Crippen MR) is 142 cm³/mol. The highest BCUT2D eigenvalue weighted by atomic mass is 35.5. The number of carbonyl (C=O) groups is 1. The molecule has 1 aliphatic heterocycles. The van der Waals surface area contributed by atoms with Gasteiger partial charge in [0, 0.05) is 36.8 Å². The van der Waals surface area contributed by atoms with Crippen LogP contribution < -0.4 is 4.74 Å². The van der Waals surface area contributed by atoms with Crippen LogP contribution in [0.15, 0.2) is 46.8 Å². The maximum absolute atomic E-state index is 15.4. The van der Waals surface area contributed by atoms with Crippen LogP contribution in [0.25, 0.3) is 10.9 Å². The van der Waals surface area contributed by atoms with Gasteiger partial charge in [0.15, 0.2) is 0 Å². The number of aromatic nitrogens is 1. The maximum Gasteiger partial charge on any atom is 0.303 e. The van der Waals surface area contributed by atoms with Gasteiger partial charge in [-0.05, 0) is 79.6 Å². The average molecular weight is 537 g/mol. The second-order valence-electron chi connectivity index (χ2n) is 8.94. The first-order valence-electron chi connectivity index (χ1n) is 11.8. The van der Waals surface area contributed by atoms with Crippen molar-refractivity contribution in [1.82, 2.24) is 9.88 Å². The molecule has 2 aromatic heterocycles. The van der Waals surface area contributed by atoms with Gasteiger partial charge in [-0.3, -0.25) is 9.78 Å². The molecule has 4 rings (SSSR count). The quantitative estimate of drug-likeness (QED) is 0.267. The number of halogens is 2. The van der Waals surface area contributed by atoms with Crippen molar-refractivity contribution in [2.24, 2.45) is 11.8 Å². The summed E-state index contributed by atoms with van der Waals surface area (Å²) in [5.41, 5.74) is 1.36. The Kier molecular flexibility index (Phi) is 9.27. The Bertz CT molecular complexity index is 1140. The third-order valence-electron chi connectivity index (χ3n) is 6.72. The molecule has 0 bridgehead atoms. The Balaban J connectivity index is 1.35. The number of fused-ring (bicyclic) bond motifs is 1. The van der Waals surface area contributed by atoms with Crippen LogP contribution in [-0.2, 0) is 4.79 Å². The van der Waals surface area contributed by atoms with E-state index in [1.807, 2.05) is 30.3 Å². The fourth-order valence-electron chi connectivity index (χ4n) is 4.91. The number of carboxylic acid groups (broad SMARTS) is 1. The van der Waals surface area contributed by atoms with Crippen molar-refractivity contribution in [3.63, 3.8) is 0 Å². The number of carboxylic acids is 1. The van der Waals surface area contributed by atoms with Crippen LogP contribution in [0, 0.1) is 11.8 Å². The van der Waals surface area contributed by atoms with Gasteiger partial charge >= 0.3 is 5.97 Å². The molecule has 3 heterocycles. The Labute approximate surface area is 218 Å². The molecular weight excluding hydrogens is 507 g/mol. The highest BCUT2D eigenvalue weighted by molar-refractivity contribution is 8.01. The van der Waals surface area contributed by atoms with Crippen molar-refractivity contribution in [2.75, 3.05) is 32.5 Å². The number of aliphatic carboxylic acids is 1. The van der Waals surface area contributed by atoms with Crippen LogP contribution in [0.4, 0.5) is 4.39 Å². The first kappa shape index (κ1) is 26.2. The van der Waals surface area contributed by atoms with Crippen LogP contribution in [0.3, 0.4) is 0 Å². The van der Waals surface area contributed by atoms with E-state index in [1.165, 1.54) is 4.21 Å². The number of pyridine rings is 1. The van der Waals surface area contributed by atoms with Crippen molar-refractivity contribution < 1.29 is 19.0 Å². The Morgan fingerprint density at radius 2 is 2.20 bits per heavy atom. The lowest BCUT2D eigenvalue weighted by Gasteiger charge is -2.38. The van der Waals surface area contributed by atoms with E-state index in [0.29, 0.717) is 24.2 Å². The predicted octanol–water partition coefficient (Wildman–Crippen LogP) is 6.95. The molecule has 1 aromatic carbocycles. The number of ether oxygens (including phenoxy) is 1. The number of hydrogen-bond acceptors (Lipinski definition) is 6. The molecule has 1 N–H and O–H groups in total. The smallest absolute Gasteiger partial charge is 0.303 e. The minimum Gasteiger partial charge on any atom is -0.497 e. The minimum atomic E-state index is -1.13. The number of alkyl halides is 1. The third kappa shape index (κ3) is 7.09. The van der Waals surface area contributed by atoms with E-state index in [2.05, 4.69) is 9.88 Å². The second-order valence-corrected chi connectivity index (χ2v) is 12.1. The van der Waals surface area contributed by atoms with Crippen LogP contribution in [0.5, 0.6) is 5.75 Å². The van der Waals surface area contributed by atoms with Gasteiger partial charge in [-0.1, -0.05) is 11.6 Å². The molecule has 188 valence electrons. The first-order chi connectivity index (χ1) is 16.9. The summed E-state index contributed by atoms with van der Waals surface area (Å²) in [4.78, 5) is 18.3. The number of rotatable bonds is 11. The summed E-state index contributed by atoms with van der Waals surface area (Å²) >= 11 is 9.37. The standard InChI is InChI=1S/C26H30ClFN2O3S2/c1-33-19-3-5-23-21(15-19)20(8-10-29-23)22(28)4-2-17-9-11-30(16-18(17)14-25(31)32)12-13-34-26-7-6-24(27)35-26/h3,5-8,10,15,17-18,22H,2,4,9,11-14,16H2,1H3,(H,31,32)/t17-,18+,22-/m1/s1. The first-order valence-corrected chi connectivity index (χ1v) is 14.0. The largest absolute Gasteiger partial charge is 0.497 e. The van der Waals surface area contributed by atoms with Crippen molar-refractivity contribution in [3.8, 4) is 5.75 Å². The zero-order valence-electron chi connectivity index (χ0n) is 19.7. The summed E-state index contributed by atoms with van der Waals surface area (Å²) in [6.07, 6.45) is 2.57. The SMILES string of the molecule is COc1ccc2nccc([C@H](F)CC[C@@H]3CCN(CCSc4ccc(Cl)s4)C[C@@H]3CC(=O)O)c2c1. The number of thiophene rings is 1. The molecule has 1 saturated heterocycles. The van der Waals surface area contributed by atoms with Crippen LogP contribution >= 0.6 is 34.7 Å². The molecule has 1 fully saturated rings. The highest BCUT2D eigenvalue weighted by Crippen LogP contribution is 2.37. The van der Waals surface area contributed by atoms with Gasteiger partial charge in [0.05, 0.1) is 21.2 Å². The van der Waals surface area contributed by atoms with E-state index in [0.717, 1.165) is 47.0 Å². The number of nitrogens with zero attached hydrogens (tertiary/aromatic N) is 2. The molecule has 0 aliphatic carbocycles. The lowest BCUT2D eigenvalue weighted by Crippen LogP contribution is -2.42. The van der Waals surface area contributed by atoms with E-state index in [-0.39, 0.29) is 18.3 Å². The van der Waals surface area contributed by atoms with Crippen LogP contribution in [-0.4, -0.2) is 53.5 Å². The van der Waals surface area contributed by atoms with Gasteiger partial charge in [0.2, 0.25) is 0 Å². The van der Waals surface area contributed by atoms with Gasteiger partial charge in [-0.2, -0.15) is 0 Å². The molecule has 0 spiro atoms. The Morgan fingerprint density at radius 1 is 1.34 bits per heavy atom. The summed E-state index contributed by atoms with van der Waals surface area (Å²) in [7, 11) is 1.59. The topological polar surface area (TPSA) is 62.7 Å². The lowest BCUT2D eigenvalue weighted by molar-refractivity contribution is -0.139. The van der Waals surface area contributed by atoms with Crippen molar-refractivity contribution in [1.29, 1.82) is 0 Å². The second kappa shape index (κ2) is 12.4.